The highest BCUT2D eigenvalue weighted by Gasteiger charge is 2.34. The Balaban J connectivity index is 1.55. The van der Waals surface area contributed by atoms with Crippen molar-refractivity contribution < 1.29 is 4.79 Å². The zero-order chi connectivity index (χ0) is 16.8. The fourth-order valence-corrected chi connectivity index (χ4v) is 4.61. The smallest absolute Gasteiger partial charge is 0.256 e. The Morgan fingerprint density at radius 3 is 2.96 bits per heavy atom. The van der Waals surface area contributed by atoms with Crippen LogP contribution in [0.3, 0.4) is 0 Å². The molecule has 2 aliphatic carbocycles. The molecule has 0 aliphatic heterocycles. The van der Waals surface area contributed by atoms with Crippen LogP contribution >= 0.6 is 11.3 Å². The molecule has 0 bridgehead atoms. The normalized spacial score (nSPS) is 16.8. The first kappa shape index (κ1) is 15.1. The molecule has 0 radical (unpaired) electrons. The summed E-state index contributed by atoms with van der Waals surface area (Å²) < 4.78 is 0. The number of aryl methyl sites for hydroxylation is 2. The van der Waals surface area contributed by atoms with Gasteiger partial charge >= 0.3 is 0 Å². The van der Waals surface area contributed by atoms with Crippen LogP contribution in [0.2, 0.25) is 0 Å². The number of thiazole rings is 1. The standard InChI is InChI=1S/C20H21N3OS/c24-20(23(13-8-9-13)12-18-21-10-11-25-18)16-6-3-5-15-14-4-1-2-7-17(14)22-19(15)16/h3,5-6,10-11,13,22H,1-2,4,7-9,12H2. The number of para-hydroxylation sites is 1. The van der Waals surface area contributed by atoms with E-state index in [2.05, 4.69) is 16.0 Å². The third kappa shape index (κ3) is 2.67. The Morgan fingerprint density at radius 1 is 1.28 bits per heavy atom. The van der Waals surface area contributed by atoms with Gasteiger partial charge in [0.15, 0.2) is 0 Å². The van der Waals surface area contributed by atoms with Crippen LogP contribution in [0.1, 0.15) is 52.3 Å². The number of aromatic nitrogens is 2. The molecule has 1 saturated carbocycles. The van der Waals surface area contributed by atoms with Crippen LogP contribution < -0.4 is 0 Å². The Morgan fingerprint density at radius 2 is 2.16 bits per heavy atom. The van der Waals surface area contributed by atoms with Gasteiger partial charge in [-0.05, 0) is 50.2 Å². The number of nitrogens with zero attached hydrogens (tertiary/aromatic N) is 2. The van der Waals surface area contributed by atoms with Crippen LogP contribution in [0.25, 0.3) is 10.9 Å². The Hall–Kier alpha value is -2.14. The van der Waals surface area contributed by atoms with Gasteiger partial charge in [0.25, 0.3) is 5.91 Å². The molecule has 1 amide bonds. The molecule has 0 saturated heterocycles. The van der Waals surface area contributed by atoms with Crippen LogP contribution in [0.5, 0.6) is 0 Å². The van der Waals surface area contributed by atoms with Crippen molar-refractivity contribution in [3.05, 3.63) is 51.6 Å². The summed E-state index contributed by atoms with van der Waals surface area (Å²) in [6, 6.07) is 6.54. The predicted octanol–water partition coefficient (Wildman–Crippen LogP) is 4.31. The zero-order valence-electron chi connectivity index (χ0n) is 14.1. The number of amides is 1. The summed E-state index contributed by atoms with van der Waals surface area (Å²) in [7, 11) is 0. The number of rotatable bonds is 4. The van der Waals surface area contributed by atoms with E-state index in [0.29, 0.717) is 12.6 Å². The maximum atomic E-state index is 13.4. The highest BCUT2D eigenvalue weighted by molar-refractivity contribution is 7.09. The van der Waals surface area contributed by atoms with Crippen molar-refractivity contribution in [2.24, 2.45) is 0 Å². The van der Waals surface area contributed by atoms with Gasteiger partial charge in [0.1, 0.15) is 5.01 Å². The van der Waals surface area contributed by atoms with Crippen molar-refractivity contribution in [2.75, 3.05) is 0 Å². The molecule has 25 heavy (non-hydrogen) atoms. The summed E-state index contributed by atoms with van der Waals surface area (Å²) in [6.45, 7) is 0.623. The van der Waals surface area contributed by atoms with Gasteiger partial charge < -0.3 is 9.88 Å². The number of carbonyl (C=O) groups excluding carboxylic acids is 1. The van der Waals surface area contributed by atoms with E-state index in [1.54, 1.807) is 11.3 Å². The minimum Gasteiger partial charge on any atom is -0.358 e. The average molecular weight is 351 g/mol. The van der Waals surface area contributed by atoms with Crippen molar-refractivity contribution in [3.63, 3.8) is 0 Å². The largest absolute Gasteiger partial charge is 0.358 e. The van der Waals surface area contributed by atoms with Crippen molar-refractivity contribution >= 4 is 28.1 Å². The van der Waals surface area contributed by atoms with Crippen LogP contribution in [0.4, 0.5) is 0 Å². The fraction of sp³-hybridized carbons (Fsp3) is 0.400. The van der Waals surface area contributed by atoms with Crippen LogP contribution in [-0.4, -0.2) is 26.8 Å². The third-order valence-electron chi connectivity index (χ3n) is 5.40. The van der Waals surface area contributed by atoms with Gasteiger partial charge in [0.05, 0.1) is 17.6 Å². The lowest BCUT2D eigenvalue weighted by atomic mass is 9.95. The minimum absolute atomic E-state index is 0.141. The molecular formula is C20H21N3OS. The van der Waals surface area contributed by atoms with Crippen LogP contribution in [-0.2, 0) is 19.4 Å². The molecule has 128 valence electrons. The molecule has 0 spiro atoms. The summed E-state index contributed by atoms with van der Waals surface area (Å²) in [5, 5.41) is 4.23. The number of aromatic amines is 1. The first-order valence-corrected chi connectivity index (χ1v) is 10.0. The van der Waals surface area contributed by atoms with Gasteiger partial charge in [0.2, 0.25) is 0 Å². The first-order chi connectivity index (χ1) is 12.3. The molecule has 2 aromatic heterocycles. The van der Waals surface area contributed by atoms with E-state index in [0.717, 1.165) is 41.8 Å². The monoisotopic (exact) mass is 351 g/mol. The molecule has 1 fully saturated rings. The number of nitrogens with one attached hydrogen (secondary N) is 1. The summed E-state index contributed by atoms with van der Waals surface area (Å²) in [5.74, 6) is 0.141. The van der Waals surface area contributed by atoms with Crippen LogP contribution in [0, 0.1) is 0 Å². The SMILES string of the molecule is O=C(c1cccc2c3c([nH]c12)CCCC3)N(Cc1nccs1)C1CC1. The Labute approximate surface area is 150 Å². The first-order valence-electron chi connectivity index (χ1n) is 9.13. The Bertz CT molecular complexity index is 924. The van der Waals surface area contributed by atoms with Crippen molar-refractivity contribution in [1.29, 1.82) is 0 Å². The summed E-state index contributed by atoms with van der Waals surface area (Å²) in [4.78, 5) is 23.3. The van der Waals surface area contributed by atoms with Gasteiger partial charge in [-0.2, -0.15) is 0 Å². The minimum atomic E-state index is 0.141. The van der Waals surface area contributed by atoms with Gasteiger partial charge in [-0.3, -0.25) is 4.79 Å². The number of H-pyrrole nitrogens is 1. The molecule has 1 N–H and O–H groups in total. The van der Waals surface area contributed by atoms with Crippen LogP contribution in [0.15, 0.2) is 29.8 Å². The number of carbonyl (C=O) groups is 1. The number of hydrogen-bond acceptors (Lipinski definition) is 3. The van der Waals surface area contributed by atoms with E-state index in [9.17, 15) is 4.79 Å². The lowest BCUT2D eigenvalue weighted by Crippen LogP contribution is -2.32. The van der Waals surface area contributed by atoms with Crippen molar-refractivity contribution in [1.82, 2.24) is 14.9 Å². The maximum absolute atomic E-state index is 13.4. The van der Waals surface area contributed by atoms with E-state index in [-0.39, 0.29) is 5.91 Å². The van der Waals surface area contributed by atoms with E-state index < -0.39 is 0 Å². The van der Waals surface area contributed by atoms with Crippen molar-refractivity contribution in [3.8, 4) is 0 Å². The summed E-state index contributed by atoms with van der Waals surface area (Å²) in [5.41, 5.74) is 4.60. The van der Waals surface area contributed by atoms with E-state index in [4.69, 9.17) is 0 Å². The van der Waals surface area contributed by atoms with Gasteiger partial charge in [0, 0.05) is 28.7 Å². The third-order valence-corrected chi connectivity index (χ3v) is 6.17. The number of fused-ring (bicyclic) bond motifs is 3. The fourth-order valence-electron chi connectivity index (χ4n) is 3.99. The molecule has 0 atom stereocenters. The molecule has 2 aliphatic rings. The molecule has 5 rings (SSSR count). The van der Waals surface area contributed by atoms with E-state index in [1.807, 2.05) is 28.6 Å². The maximum Gasteiger partial charge on any atom is 0.256 e. The molecule has 3 aromatic rings. The van der Waals surface area contributed by atoms with Gasteiger partial charge in [-0.15, -0.1) is 11.3 Å². The quantitative estimate of drug-likeness (QED) is 0.761. The average Bonchev–Trinajstić information content (AvgIpc) is 3.21. The molecule has 1 aromatic carbocycles. The van der Waals surface area contributed by atoms with Gasteiger partial charge in [-0.1, -0.05) is 12.1 Å². The second-order valence-electron chi connectivity index (χ2n) is 7.11. The van der Waals surface area contributed by atoms with E-state index in [1.165, 1.54) is 29.5 Å². The van der Waals surface area contributed by atoms with Gasteiger partial charge in [-0.25, -0.2) is 4.98 Å². The van der Waals surface area contributed by atoms with E-state index >= 15 is 0 Å². The number of hydrogen-bond donors (Lipinski definition) is 1. The lowest BCUT2D eigenvalue weighted by molar-refractivity contribution is 0.0731. The highest BCUT2D eigenvalue weighted by atomic mass is 32.1. The summed E-state index contributed by atoms with van der Waals surface area (Å²) in [6.07, 6.45) is 8.73. The molecule has 0 unspecified atom stereocenters. The number of benzene rings is 1. The second kappa shape index (κ2) is 5.99. The van der Waals surface area contributed by atoms with Crippen molar-refractivity contribution in [2.45, 2.75) is 51.1 Å². The highest BCUT2D eigenvalue weighted by Crippen LogP contribution is 2.34. The molecule has 2 heterocycles. The predicted molar refractivity (Wildman–Crippen MR) is 100.0 cm³/mol. The Kier molecular flexibility index (Phi) is 3.63. The lowest BCUT2D eigenvalue weighted by Gasteiger charge is -2.21. The second-order valence-corrected chi connectivity index (χ2v) is 8.09. The molecule has 4 nitrogen and oxygen atoms in total. The molecule has 5 heteroatoms. The zero-order valence-corrected chi connectivity index (χ0v) is 14.9. The topological polar surface area (TPSA) is 49.0 Å². The summed E-state index contributed by atoms with van der Waals surface area (Å²) >= 11 is 1.62. The molecular weight excluding hydrogens is 330 g/mol.